The lowest BCUT2D eigenvalue weighted by Gasteiger charge is -2.27. The third-order valence-electron chi connectivity index (χ3n) is 3.15. The summed E-state index contributed by atoms with van der Waals surface area (Å²) in [5.74, 6) is 1.68. The number of para-hydroxylation sites is 1. The Hall–Kier alpha value is -1.02. The lowest BCUT2D eigenvalue weighted by molar-refractivity contribution is 0.204. The van der Waals surface area contributed by atoms with Gasteiger partial charge in [-0.2, -0.15) is 0 Å². The van der Waals surface area contributed by atoms with Crippen molar-refractivity contribution in [2.75, 3.05) is 6.61 Å². The van der Waals surface area contributed by atoms with Crippen LogP contribution in [0.3, 0.4) is 0 Å². The molecule has 0 bridgehead atoms. The zero-order valence-electron chi connectivity index (χ0n) is 10.2. The number of fused-ring (bicyclic) bond motifs is 1. The predicted molar refractivity (Wildman–Crippen MR) is 66.6 cm³/mol. The summed E-state index contributed by atoms with van der Waals surface area (Å²) in [5.41, 5.74) is 7.29. The van der Waals surface area contributed by atoms with Gasteiger partial charge in [0, 0.05) is 5.54 Å². The van der Waals surface area contributed by atoms with Crippen molar-refractivity contribution in [2.24, 2.45) is 11.7 Å². The third-order valence-corrected chi connectivity index (χ3v) is 3.15. The maximum atomic E-state index is 6.01. The van der Waals surface area contributed by atoms with Crippen LogP contribution in [0.2, 0.25) is 0 Å². The average molecular weight is 219 g/mol. The number of ether oxygens (including phenoxy) is 1. The van der Waals surface area contributed by atoms with Gasteiger partial charge < -0.3 is 10.5 Å². The Bertz CT molecular complexity index is 354. The van der Waals surface area contributed by atoms with Crippen molar-refractivity contribution >= 4 is 0 Å². The number of rotatable bonds is 3. The fourth-order valence-corrected chi connectivity index (χ4v) is 2.15. The molecule has 1 heterocycles. The van der Waals surface area contributed by atoms with Crippen LogP contribution in [-0.4, -0.2) is 12.1 Å². The monoisotopic (exact) mass is 219 g/mol. The Morgan fingerprint density at radius 2 is 2.12 bits per heavy atom. The molecule has 0 spiro atoms. The Balaban J connectivity index is 1.93. The van der Waals surface area contributed by atoms with E-state index in [1.165, 1.54) is 5.56 Å². The molecular formula is C14H21NO. The molecule has 0 radical (unpaired) electrons. The van der Waals surface area contributed by atoms with Gasteiger partial charge >= 0.3 is 0 Å². The molecule has 0 fully saturated rings. The quantitative estimate of drug-likeness (QED) is 0.848. The molecular weight excluding hydrogens is 198 g/mol. The summed E-state index contributed by atoms with van der Waals surface area (Å²) in [6.07, 6.45) is 3.34. The molecule has 0 aromatic heterocycles. The fraction of sp³-hybridized carbons (Fsp3) is 0.571. The first-order chi connectivity index (χ1) is 7.54. The maximum Gasteiger partial charge on any atom is 0.122 e. The van der Waals surface area contributed by atoms with Crippen LogP contribution in [0.4, 0.5) is 0 Å². The zero-order chi connectivity index (χ0) is 11.6. The fourth-order valence-electron chi connectivity index (χ4n) is 2.15. The molecule has 0 amide bonds. The molecule has 2 heteroatoms. The predicted octanol–water partition coefficient (Wildman–Crippen LogP) is 2.76. The summed E-state index contributed by atoms with van der Waals surface area (Å²) >= 11 is 0. The van der Waals surface area contributed by atoms with Gasteiger partial charge in [0.15, 0.2) is 0 Å². The van der Waals surface area contributed by atoms with Crippen molar-refractivity contribution < 1.29 is 4.74 Å². The lowest BCUT2D eigenvalue weighted by atomic mass is 9.88. The summed E-state index contributed by atoms with van der Waals surface area (Å²) in [6, 6.07) is 8.33. The van der Waals surface area contributed by atoms with E-state index in [-0.39, 0.29) is 5.54 Å². The van der Waals surface area contributed by atoms with Crippen LogP contribution in [0, 0.1) is 5.92 Å². The minimum absolute atomic E-state index is 0.0586. The van der Waals surface area contributed by atoms with E-state index >= 15 is 0 Å². The van der Waals surface area contributed by atoms with Gasteiger partial charge in [-0.05, 0) is 50.7 Å². The van der Waals surface area contributed by atoms with E-state index < -0.39 is 0 Å². The van der Waals surface area contributed by atoms with Gasteiger partial charge in [-0.1, -0.05) is 18.2 Å². The van der Waals surface area contributed by atoms with Crippen molar-refractivity contribution in [1.29, 1.82) is 0 Å². The number of benzene rings is 1. The second-order valence-corrected chi connectivity index (χ2v) is 5.52. The molecule has 2 N–H and O–H groups in total. The summed E-state index contributed by atoms with van der Waals surface area (Å²) in [5, 5.41) is 0. The van der Waals surface area contributed by atoms with Crippen LogP contribution >= 0.6 is 0 Å². The molecule has 1 aliphatic rings. The van der Waals surface area contributed by atoms with Gasteiger partial charge in [0.05, 0.1) is 6.61 Å². The van der Waals surface area contributed by atoms with Crippen LogP contribution in [0.1, 0.15) is 32.3 Å². The summed E-state index contributed by atoms with van der Waals surface area (Å²) < 4.78 is 5.76. The van der Waals surface area contributed by atoms with Crippen molar-refractivity contribution in [3.05, 3.63) is 29.8 Å². The second-order valence-electron chi connectivity index (χ2n) is 5.52. The molecule has 0 aliphatic carbocycles. The zero-order valence-corrected chi connectivity index (χ0v) is 10.2. The molecule has 88 valence electrons. The van der Waals surface area contributed by atoms with Gasteiger partial charge in [-0.3, -0.25) is 0 Å². The highest BCUT2D eigenvalue weighted by atomic mass is 16.5. The SMILES string of the molecule is CC(C)(N)CCC1COc2ccccc2C1. The number of nitrogens with two attached hydrogens (primary N) is 1. The largest absolute Gasteiger partial charge is 0.493 e. The van der Waals surface area contributed by atoms with Crippen LogP contribution < -0.4 is 10.5 Å². The maximum absolute atomic E-state index is 6.01. The number of hydrogen-bond donors (Lipinski definition) is 1. The standard InChI is InChI=1S/C14H21NO/c1-14(2,15)8-7-11-9-12-5-3-4-6-13(12)16-10-11/h3-6,11H,7-10,15H2,1-2H3. The van der Waals surface area contributed by atoms with E-state index in [2.05, 4.69) is 32.0 Å². The molecule has 1 atom stereocenters. The van der Waals surface area contributed by atoms with Crippen molar-refractivity contribution in [3.8, 4) is 5.75 Å². The Morgan fingerprint density at radius 1 is 1.38 bits per heavy atom. The van der Waals surface area contributed by atoms with E-state index in [0.29, 0.717) is 5.92 Å². The van der Waals surface area contributed by atoms with E-state index in [1.54, 1.807) is 0 Å². The average Bonchev–Trinajstić information content (AvgIpc) is 2.25. The van der Waals surface area contributed by atoms with Crippen LogP contribution in [-0.2, 0) is 6.42 Å². The normalized spacial score (nSPS) is 20.1. The highest BCUT2D eigenvalue weighted by molar-refractivity contribution is 5.35. The van der Waals surface area contributed by atoms with E-state index in [0.717, 1.165) is 31.6 Å². The van der Waals surface area contributed by atoms with Gasteiger partial charge in [0.1, 0.15) is 5.75 Å². The molecule has 0 saturated carbocycles. The first-order valence-corrected chi connectivity index (χ1v) is 6.04. The Labute approximate surface area is 97.8 Å². The van der Waals surface area contributed by atoms with E-state index in [9.17, 15) is 0 Å². The molecule has 1 unspecified atom stereocenters. The van der Waals surface area contributed by atoms with Crippen molar-refractivity contribution in [3.63, 3.8) is 0 Å². The first-order valence-electron chi connectivity index (χ1n) is 6.04. The molecule has 16 heavy (non-hydrogen) atoms. The molecule has 0 saturated heterocycles. The Morgan fingerprint density at radius 3 is 2.88 bits per heavy atom. The molecule has 2 rings (SSSR count). The van der Waals surface area contributed by atoms with Crippen molar-refractivity contribution in [2.45, 2.75) is 38.6 Å². The van der Waals surface area contributed by atoms with Crippen LogP contribution in [0.25, 0.3) is 0 Å². The van der Waals surface area contributed by atoms with Crippen molar-refractivity contribution in [1.82, 2.24) is 0 Å². The van der Waals surface area contributed by atoms with Gasteiger partial charge in [0.2, 0.25) is 0 Å². The van der Waals surface area contributed by atoms with Crippen LogP contribution in [0.5, 0.6) is 5.75 Å². The Kier molecular flexibility index (Phi) is 3.20. The number of hydrogen-bond acceptors (Lipinski definition) is 2. The molecule has 1 aliphatic heterocycles. The van der Waals surface area contributed by atoms with Gasteiger partial charge in [0.25, 0.3) is 0 Å². The molecule has 2 nitrogen and oxygen atoms in total. The topological polar surface area (TPSA) is 35.2 Å². The van der Waals surface area contributed by atoms with Gasteiger partial charge in [-0.15, -0.1) is 0 Å². The minimum Gasteiger partial charge on any atom is -0.493 e. The van der Waals surface area contributed by atoms with E-state index in [4.69, 9.17) is 10.5 Å². The summed E-state index contributed by atoms with van der Waals surface area (Å²) in [4.78, 5) is 0. The lowest BCUT2D eigenvalue weighted by Crippen LogP contribution is -2.33. The summed E-state index contributed by atoms with van der Waals surface area (Å²) in [6.45, 7) is 5.02. The highest BCUT2D eigenvalue weighted by Gasteiger charge is 2.21. The molecule has 1 aromatic carbocycles. The van der Waals surface area contributed by atoms with Gasteiger partial charge in [-0.25, -0.2) is 0 Å². The summed E-state index contributed by atoms with van der Waals surface area (Å²) in [7, 11) is 0. The highest BCUT2D eigenvalue weighted by Crippen LogP contribution is 2.29. The van der Waals surface area contributed by atoms with E-state index in [1.807, 2.05) is 6.07 Å². The minimum atomic E-state index is -0.0586. The van der Waals surface area contributed by atoms with Crippen LogP contribution in [0.15, 0.2) is 24.3 Å². The second kappa shape index (κ2) is 4.46. The molecule has 1 aromatic rings. The smallest absolute Gasteiger partial charge is 0.122 e. The first kappa shape index (κ1) is 11.5. The third kappa shape index (κ3) is 2.99.